The molecule has 3 nitrogen and oxygen atoms in total. The fourth-order valence-electron chi connectivity index (χ4n) is 1.20. The molecule has 0 heterocycles. The summed E-state index contributed by atoms with van der Waals surface area (Å²) < 4.78 is 40.3. The topological polar surface area (TPSA) is 29.5 Å². The molecule has 0 aliphatic rings. The van der Waals surface area contributed by atoms with Crippen LogP contribution in [-0.2, 0) is 11.2 Å². The SMILES string of the molecule is CN(C)C(=O)Cc1ccc(OCC(F)(F)F)cc1. The zero-order valence-corrected chi connectivity index (χ0v) is 10.1. The minimum atomic E-state index is -4.35. The summed E-state index contributed by atoms with van der Waals surface area (Å²) in [6.45, 7) is -1.32. The maximum atomic E-state index is 11.9. The van der Waals surface area contributed by atoms with E-state index in [1.807, 2.05) is 0 Å². The van der Waals surface area contributed by atoms with Gasteiger partial charge in [-0.1, -0.05) is 12.1 Å². The number of carbonyl (C=O) groups excluding carboxylic acids is 1. The summed E-state index contributed by atoms with van der Waals surface area (Å²) in [4.78, 5) is 12.9. The molecule has 1 rings (SSSR count). The quantitative estimate of drug-likeness (QED) is 0.832. The summed E-state index contributed by atoms with van der Waals surface area (Å²) in [6, 6.07) is 5.99. The van der Waals surface area contributed by atoms with Gasteiger partial charge in [0.25, 0.3) is 0 Å². The van der Waals surface area contributed by atoms with Crippen molar-refractivity contribution in [2.24, 2.45) is 0 Å². The Hall–Kier alpha value is -1.72. The van der Waals surface area contributed by atoms with Gasteiger partial charge in [0.05, 0.1) is 6.42 Å². The van der Waals surface area contributed by atoms with Gasteiger partial charge in [-0.05, 0) is 17.7 Å². The molecule has 0 aromatic heterocycles. The number of hydrogen-bond donors (Lipinski definition) is 0. The van der Waals surface area contributed by atoms with Gasteiger partial charge in [-0.15, -0.1) is 0 Å². The lowest BCUT2D eigenvalue weighted by molar-refractivity contribution is -0.153. The molecule has 1 amide bonds. The number of likely N-dealkylation sites (N-methyl/N-ethyl adjacent to an activating group) is 1. The van der Waals surface area contributed by atoms with Gasteiger partial charge in [0.2, 0.25) is 5.91 Å². The van der Waals surface area contributed by atoms with E-state index in [-0.39, 0.29) is 18.1 Å². The fraction of sp³-hybridized carbons (Fsp3) is 0.417. The Morgan fingerprint density at radius 3 is 2.22 bits per heavy atom. The molecule has 100 valence electrons. The van der Waals surface area contributed by atoms with E-state index in [1.165, 1.54) is 17.0 Å². The van der Waals surface area contributed by atoms with Gasteiger partial charge in [0.15, 0.2) is 6.61 Å². The second kappa shape index (κ2) is 5.75. The molecule has 0 unspecified atom stereocenters. The zero-order chi connectivity index (χ0) is 13.8. The van der Waals surface area contributed by atoms with E-state index in [2.05, 4.69) is 4.74 Å². The van der Waals surface area contributed by atoms with Crippen molar-refractivity contribution in [2.75, 3.05) is 20.7 Å². The van der Waals surface area contributed by atoms with Crippen molar-refractivity contribution in [1.29, 1.82) is 0 Å². The van der Waals surface area contributed by atoms with Crippen molar-refractivity contribution >= 4 is 5.91 Å². The second-order valence-electron chi connectivity index (χ2n) is 4.01. The standard InChI is InChI=1S/C12H14F3NO2/c1-16(2)11(17)7-9-3-5-10(6-4-9)18-8-12(13,14)15/h3-6H,7-8H2,1-2H3. The average Bonchev–Trinajstić information content (AvgIpc) is 2.27. The third-order valence-corrected chi connectivity index (χ3v) is 2.18. The van der Waals surface area contributed by atoms with Crippen LogP contribution < -0.4 is 4.74 Å². The zero-order valence-electron chi connectivity index (χ0n) is 10.1. The van der Waals surface area contributed by atoms with Crippen LogP contribution in [0.15, 0.2) is 24.3 Å². The van der Waals surface area contributed by atoms with E-state index >= 15 is 0 Å². The Morgan fingerprint density at radius 1 is 1.22 bits per heavy atom. The van der Waals surface area contributed by atoms with Crippen LogP contribution in [0.25, 0.3) is 0 Å². The van der Waals surface area contributed by atoms with Gasteiger partial charge >= 0.3 is 6.18 Å². The third-order valence-electron chi connectivity index (χ3n) is 2.18. The van der Waals surface area contributed by atoms with Crippen LogP contribution in [0.5, 0.6) is 5.75 Å². The molecule has 6 heteroatoms. The highest BCUT2D eigenvalue weighted by molar-refractivity contribution is 5.78. The van der Waals surface area contributed by atoms with Crippen LogP contribution in [0.4, 0.5) is 13.2 Å². The Balaban J connectivity index is 2.55. The Labute approximate surface area is 103 Å². The molecule has 0 radical (unpaired) electrons. The molecule has 0 bridgehead atoms. The van der Waals surface area contributed by atoms with Gasteiger partial charge < -0.3 is 9.64 Å². The summed E-state index contributed by atoms with van der Waals surface area (Å²) in [6.07, 6.45) is -4.13. The first-order valence-electron chi connectivity index (χ1n) is 5.26. The first kappa shape index (κ1) is 14.3. The van der Waals surface area contributed by atoms with Gasteiger partial charge in [0, 0.05) is 14.1 Å². The minimum Gasteiger partial charge on any atom is -0.484 e. The van der Waals surface area contributed by atoms with Crippen molar-refractivity contribution in [1.82, 2.24) is 4.90 Å². The summed E-state index contributed by atoms with van der Waals surface area (Å²) in [5.41, 5.74) is 0.730. The van der Waals surface area contributed by atoms with E-state index < -0.39 is 12.8 Å². The molecule has 0 saturated heterocycles. The van der Waals surface area contributed by atoms with E-state index in [0.717, 1.165) is 5.56 Å². The van der Waals surface area contributed by atoms with Crippen molar-refractivity contribution in [3.8, 4) is 5.75 Å². The van der Waals surface area contributed by atoms with Crippen LogP contribution in [0.2, 0.25) is 0 Å². The van der Waals surface area contributed by atoms with Crippen LogP contribution in [-0.4, -0.2) is 37.7 Å². The molecular formula is C12H14F3NO2. The van der Waals surface area contributed by atoms with Gasteiger partial charge in [-0.25, -0.2) is 0 Å². The van der Waals surface area contributed by atoms with E-state index in [0.29, 0.717) is 0 Å². The van der Waals surface area contributed by atoms with Crippen molar-refractivity contribution < 1.29 is 22.7 Å². The van der Waals surface area contributed by atoms with E-state index in [4.69, 9.17) is 0 Å². The van der Waals surface area contributed by atoms with Crippen molar-refractivity contribution in [3.05, 3.63) is 29.8 Å². The number of amides is 1. The maximum absolute atomic E-state index is 11.9. The lowest BCUT2D eigenvalue weighted by Crippen LogP contribution is -2.23. The molecule has 0 N–H and O–H groups in total. The third kappa shape index (κ3) is 5.07. The molecule has 1 aromatic carbocycles. The smallest absolute Gasteiger partial charge is 0.422 e. The molecule has 18 heavy (non-hydrogen) atoms. The minimum absolute atomic E-state index is 0.0704. The first-order valence-corrected chi connectivity index (χ1v) is 5.26. The highest BCUT2D eigenvalue weighted by Gasteiger charge is 2.28. The summed E-state index contributed by atoms with van der Waals surface area (Å²) >= 11 is 0. The predicted molar refractivity (Wildman–Crippen MR) is 60.4 cm³/mol. The van der Waals surface area contributed by atoms with Crippen LogP contribution in [0.1, 0.15) is 5.56 Å². The molecule has 0 aliphatic carbocycles. The first-order chi connectivity index (χ1) is 8.28. The Bertz CT molecular complexity index is 399. The average molecular weight is 261 g/mol. The molecule has 0 saturated carbocycles. The number of hydrogen-bond acceptors (Lipinski definition) is 2. The molecule has 1 aromatic rings. The van der Waals surface area contributed by atoms with E-state index in [1.54, 1.807) is 26.2 Å². The lowest BCUT2D eigenvalue weighted by Gasteiger charge is -2.11. The number of benzene rings is 1. The number of alkyl halides is 3. The molecule has 0 atom stereocenters. The normalized spacial score (nSPS) is 11.2. The molecule has 0 fully saturated rings. The van der Waals surface area contributed by atoms with Crippen molar-refractivity contribution in [3.63, 3.8) is 0 Å². The second-order valence-corrected chi connectivity index (χ2v) is 4.01. The number of rotatable bonds is 4. The maximum Gasteiger partial charge on any atom is 0.422 e. The number of halogens is 3. The largest absolute Gasteiger partial charge is 0.484 e. The Morgan fingerprint density at radius 2 is 1.78 bits per heavy atom. The van der Waals surface area contributed by atoms with Gasteiger partial charge in [0.1, 0.15) is 5.75 Å². The van der Waals surface area contributed by atoms with E-state index in [9.17, 15) is 18.0 Å². The molecular weight excluding hydrogens is 247 g/mol. The number of carbonyl (C=O) groups is 1. The Kier molecular flexibility index (Phi) is 4.58. The summed E-state index contributed by atoms with van der Waals surface area (Å²) in [7, 11) is 3.28. The number of nitrogens with zero attached hydrogens (tertiary/aromatic N) is 1. The lowest BCUT2D eigenvalue weighted by atomic mass is 10.1. The highest BCUT2D eigenvalue weighted by Crippen LogP contribution is 2.19. The monoisotopic (exact) mass is 261 g/mol. The molecule has 0 spiro atoms. The predicted octanol–water partition coefficient (Wildman–Crippen LogP) is 2.26. The van der Waals surface area contributed by atoms with Crippen LogP contribution in [0.3, 0.4) is 0 Å². The van der Waals surface area contributed by atoms with Crippen LogP contribution >= 0.6 is 0 Å². The molecule has 0 aliphatic heterocycles. The summed E-state index contributed by atoms with van der Waals surface area (Å²) in [5, 5.41) is 0. The fourth-order valence-corrected chi connectivity index (χ4v) is 1.20. The highest BCUT2D eigenvalue weighted by atomic mass is 19.4. The van der Waals surface area contributed by atoms with Crippen LogP contribution in [0, 0.1) is 0 Å². The van der Waals surface area contributed by atoms with Gasteiger partial charge in [-0.2, -0.15) is 13.2 Å². The van der Waals surface area contributed by atoms with Gasteiger partial charge in [-0.3, -0.25) is 4.79 Å². The van der Waals surface area contributed by atoms with Crippen molar-refractivity contribution in [2.45, 2.75) is 12.6 Å². The number of ether oxygens (including phenoxy) is 1. The summed E-state index contributed by atoms with van der Waals surface area (Å²) in [5.74, 6) is 0.0623.